The number of fused-ring (bicyclic) bond motifs is 1. The minimum atomic E-state index is -1.96. The van der Waals surface area contributed by atoms with E-state index in [0.717, 1.165) is 16.5 Å². The number of aliphatic hydroxyl groups excluding tert-OH is 1. The molecule has 4 nitrogen and oxygen atoms in total. The van der Waals surface area contributed by atoms with Gasteiger partial charge in [-0.3, -0.25) is 4.57 Å². The Hall–Kier alpha value is -2.63. The fraction of sp³-hybridized carbons (Fsp3) is 0.370. The van der Waals surface area contributed by atoms with E-state index in [2.05, 4.69) is 50.9 Å². The molecule has 0 saturated heterocycles. The number of para-hydroxylation sites is 1. The van der Waals surface area contributed by atoms with Gasteiger partial charge in [0.05, 0.1) is 19.7 Å². The summed E-state index contributed by atoms with van der Waals surface area (Å²) >= 11 is 0. The highest BCUT2D eigenvalue weighted by Gasteiger charge is 2.39. The number of benzene rings is 2. The van der Waals surface area contributed by atoms with E-state index < -0.39 is 25.9 Å². The van der Waals surface area contributed by atoms with Gasteiger partial charge in [0, 0.05) is 17.1 Å². The van der Waals surface area contributed by atoms with Gasteiger partial charge >= 0.3 is 6.09 Å². The van der Waals surface area contributed by atoms with Crippen LogP contribution in [-0.2, 0) is 4.74 Å². The van der Waals surface area contributed by atoms with Crippen molar-refractivity contribution in [2.45, 2.75) is 58.0 Å². The number of hydrogen-bond acceptors (Lipinski definition) is 3. The molecule has 0 amide bonds. The maximum Gasteiger partial charge on any atom is 0.419 e. The minimum absolute atomic E-state index is 0.0766. The standard InChI is InChI=1S/C27H35NO3Si/c1-8-24(32(6,7)20-14-10-9-11-15-20)19(2)25(29)22-18-28(26(30)31-27(3,4)5)23-17-13-12-16-21(22)23/h8-19,24-25,29H,1H2,2-7H3. The third-order valence-corrected chi connectivity index (χ3v) is 10.6. The van der Waals surface area contributed by atoms with Crippen molar-refractivity contribution in [2.24, 2.45) is 5.92 Å². The van der Waals surface area contributed by atoms with Crippen molar-refractivity contribution in [3.63, 3.8) is 0 Å². The highest BCUT2D eigenvalue weighted by molar-refractivity contribution is 6.91. The Balaban J connectivity index is 2.01. The largest absolute Gasteiger partial charge is 0.443 e. The van der Waals surface area contributed by atoms with Gasteiger partial charge in [0.25, 0.3) is 0 Å². The van der Waals surface area contributed by atoms with Gasteiger partial charge in [-0.15, -0.1) is 6.58 Å². The minimum Gasteiger partial charge on any atom is -0.443 e. The van der Waals surface area contributed by atoms with Gasteiger partial charge in [-0.1, -0.05) is 79.8 Å². The molecule has 1 N–H and O–H groups in total. The van der Waals surface area contributed by atoms with Crippen molar-refractivity contribution in [2.75, 3.05) is 0 Å². The fourth-order valence-electron chi connectivity index (χ4n) is 4.61. The molecule has 32 heavy (non-hydrogen) atoms. The summed E-state index contributed by atoms with van der Waals surface area (Å²) in [4.78, 5) is 12.9. The zero-order chi connectivity index (χ0) is 23.7. The van der Waals surface area contributed by atoms with E-state index in [4.69, 9.17) is 4.74 Å². The van der Waals surface area contributed by atoms with E-state index in [0.29, 0.717) is 0 Å². The molecule has 170 valence electrons. The van der Waals surface area contributed by atoms with Crippen molar-refractivity contribution in [1.29, 1.82) is 0 Å². The normalized spacial score (nSPS) is 15.2. The first-order valence-electron chi connectivity index (χ1n) is 11.2. The molecule has 1 heterocycles. The number of aromatic nitrogens is 1. The first-order valence-corrected chi connectivity index (χ1v) is 14.2. The number of carbonyl (C=O) groups excluding carboxylic acids is 1. The van der Waals surface area contributed by atoms with E-state index in [9.17, 15) is 9.90 Å². The molecule has 0 radical (unpaired) electrons. The summed E-state index contributed by atoms with van der Waals surface area (Å²) in [5.41, 5.74) is 1.01. The van der Waals surface area contributed by atoms with Crippen molar-refractivity contribution < 1.29 is 14.6 Å². The fourth-order valence-corrected chi connectivity index (χ4v) is 8.13. The van der Waals surface area contributed by atoms with E-state index in [1.807, 2.05) is 57.2 Å². The molecule has 3 unspecified atom stereocenters. The topological polar surface area (TPSA) is 51.5 Å². The van der Waals surface area contributed by atoms with Crippen LogP contribution < -0.4 is 5.19 Å². The Morgan fingerprint density at radius 2 is 1.69 bits per heavy atom. The first kappa shape index (κ1) is 24.0. The third-order valence-electron chi connectivity index (χ3n) is 6.32. The van der Waals surface area contributed by atoms with Gasteiger partial charge < -0.3 is 9.84 Å². The van der Waals surface area contributed by atoms with Crippen LogP contribution in [-0.4, -0.2) is 29.4 Å². The molecule has 0 aliphatic carbocycles. The van der Waals surface area contributed by atoms with Crippen molar-refractivity contribution in [3.8, 4) is 0 Å². The second kappa shape index (κ2) is 9.08. The molecule has 2 aromatic carbocycles. The summed E-state index contributed by atoms with van der Waals surface area (Å²) in [6.45, 7) is 16.4. The molecule has 0 aliphatic heterocycles. The second-order valence-electron chi connectivity index (χ2n) is 10.1. The molecule has 0 bridgehead atoms. The van der Waals surface area contributed by atoms with Crippen LogP contribution in [0.25, 0.3) is 10.9 Å². The van der Waals surface area contributed by atoms with E-state index in [1.54, 1.807) is 6.20 Å². The third kappa shape index (κ3) is 4.74. The van der Waals surface area contributed by atoms with Crippen LogP contribution >= 0.6 is 0 Å². The smallest absolute Gasteiger partial charge is 0.419 e. The van der Waals surface area contributed by atoms with E-state index >= 15 is 0 Å². The lowest BCUT2D eigenvalue weighted by Gasteiger charge is -2.37. The first-order chi connectivity index (χ1) is 15.0. The summed E-state index contributed by atoms with van der Waals surface area (Å²) < 4.78 is 7.11. The monoisotopic (exact) mass is 449 g/mol. The molecule has 3 aromatic rings. The Labute approximate surface area is 192 Å². The molecule has 3 rings (SSSR count). The number of allylic oxidation sites excluding steroid dienone is 1. The average Bonchev–Trinajstić information content (AvgIpc) is 3.13. The van der Waals surface area contributed by atoms with Crippen molar-refractivity contribution in [3.05, 3.63) is 79.0 Å². The zero-order valence-electron chi connectivity index (χ0n) is 20.0. The number of rotatable bonds is 6. The molecule has 0 spiro atoms. The number of carbonyl (C=O) groups is 1. The second-order valence-corrected chi connectivity index (χ2v) is 14.8. The van der Waals surface area contributed by atoms with Crippen molar-refractivity contribution >= 4 is 30.3 Å². The molecular weight excluding hydrogens is 414 g/mol. The predicted molar refractivity (Wildman–Crippen MR) is 135 cm³/mol. The highest BCUT2D eigenvalue weighted by atomic mass is 28.3. The lowest BCUT2D eigenvalue weighted by Crippen LogP contribution is -2.48. The van der Waals surface area contributed by atoms with Crippen LogP contribution in [0.2, 0.25) is 18.6 Å². The summed E-state index contributed by atoms with van der Waals surface area (Å²) in [7, 11) is -1.96. The molecule has 0 saturated carbocycles. The van der Waals surface area contributed by atoms with Crippen LogP contribution in [0.4, 0.5) is 4.79 Å². The Bertz CT molecular complexity index is 1100. The van der Waals surface area contributed by atoms with E-state index in [1.165, 1.54) is 9.75 Å². The zero-order valence-corrected chi connectivity index (χ0v) is 21.0. The SMILES string of the molecule is C=CC(C(C)C(O)c1cn(C(=O)OC(C)(C)C)c2ccccc12)[Si](C)(C)c1ccccc1. The molecule has 0 aliphatic rings. The van der Waals surface area contributed by atoms with Gasteiger partial charge in [-0.05, 0) is 38.3 Å². The van der Waals surface area contributed by atoms with Crippen LogP contribution in [0.5, 0.6) is 0 Å². The number of ether oxygens (including phenoxy) is 1. The predicted octanol–water partition coefficient (Wildman–Crippen LogP) is 6.27. The highest BCUT2D eigenvalue weighted by Crippen LogP contribution is 2.41. The summed E-state index contributed by atoms with van der Waals surface area (Å²) in [5.74, 6) is -0.0766. The van der Waals surface area contributed by atoms with Gasteiger partial charge in [0.2, 0.25) is 0 Å². The quantitative estimate of drug-likeness (QED) is 0.357. The molecule has 3 atom stereocenters. The molecule has 5 heteroatoms. The molecular formula is C27H35NO3Si. The van der Waals surface area contributed by atoms with Gasteiger partial charge in [0.1, 0.15) is 5.60 Å². The summed E-state index contributed by atoms with van der Waals surface area (Å²) in [6, 6.07) is 18.2. The number of aliphatic hydroxyl groups is 1. The van der Waals surface area contributed by atoms with Crippen LogP contribution in [0, 0.1) is 5.92 Å². The Kier molecular flexibility index (Phi) is 6.82. The van der Waals surface area contributed by atoms with Gasteiger partial charge in [0.15, 0.2) is 0 Å². The maximum atomic E-state index is 12.9. The Morgan fingerprint density at radius 1 is 1.09 bits per heavy atom. The Morgan fingerprint density at radius 3 is 2.28 bits per heavy atom. The van der Waals surface area contributed by atoms with Crippen molar-refractivity contribution in [1.82, 2.24) is 4.57 Å². The van der Waals surface area contributed by atoms with Crippen LogP contribution in [0.15, 0.2) is 73.4 Å². The van der Waals surface area contributed by atoms with Gasteiger partial charge in [-0.25, -0.2) is 4.79 Å². The lowest BCUT2D eigenvalue weighted by molar-refractivity contribution is 0.0543. The summed E-state index contributed by atoms with van der Waals surface area (Å²) in [5, 5.41) is 13.7. The lowest BCUT2D eigenvalue weighted by atomic mass is 9.94. The molecule has 1 aromatic heterocycles. The van der Waals surface area contributed by atoms with Crippen LogP contribution in [0.3, 0.4) is 0 Å². The van der Waals surface area contributed by atoms with Gasteiger partial charge in [-0.2, -0.15) is 0 Å². The van der Waals surface area contributed by atoms with Crippen LogP contribution in [0.1, 0.15) is 39.4 Å². The number of nitrogens with zero attached hydrogens (tertiary/aromatic N) is 1. The average molecular weight is 450 g/mol. The summed E-state index contributed by atoms with van der Waals surface area (Å²) in [6.07, 6.45) is 2.54. The maximum absolute atomic E-state index is 12.9. The molecule has 0 fully saturated rings. The number of hydrogen-bond donors (Lipinski definition) is 1. The van der Waals surface area contributed by atoms with E-state index in [-0.39, 0.29) is 11.5 Å².